The van der Waals surface area contributed by atoms with Crippen LogP contribution in [0.2, 0.25) is 0 Å². The largest absolute Gasteiger partial charge is 0.497 e. The molecule has 35 heavy (non-hydrogen) atoms. The van der Waals surface area contributed by atoms with Gasteiger partial charge in [0.2, 0.25) is 0 Å². The molecular weight excluding hydrogens is 440 g/mol. The van der Waals surface area contributed by atoms with Gasteiger partial charge in [-0.2, -0.15) is 0 Å². The summed E-state index contributed by atoms with van der Waals surface area (Å²) in [7, 11) is 5.63. The van der Waals surface area contributed by atoms with Gasteiger partial charge in [0.1, 0.15) is 12.4 Å². The zero-order valence-corrected chi connectivity index (χ0v) is 20.3. The topological polar surface area (TPSA) is 67.6 Å². The predicted molar refractivity (Wildman–Crippen MR) is 140 cm³/mol. The number of pyridine rings is 1. The first-order valence-corrected chi connectivity index (χ1v) is 11.5. The summed E-state index contributed by atoms with van der Waals surface area (Å²) in [5, 5.41) is 7.33. The van der Waals surface area contributed by atoms with Crippen LogP contribution in [0.5, 0.6) is 5.75 Å². The van der Waals surface area contributed by atoms with Gasteiger partial charge in [-0.25, -0.2) is 0 Å². The van der Waals surface area contributed by atoms with E-state index in [9.17, 15) is 4.79 Å². The van der Waals surface area contributed by atoms with E-state index >= 15 is 0 Å². The average Bonchev–Trinajstić information content (AvgIpc) is 3.26. The third-order valence-electron chi connectivity index (χ3n) is 5.55. The van der Waals surface area contributed by atoms with Gasteiger partial charge in [0, 0.05) is 29.5 Å². The van der Waals surface area contributed by atoms with Crippen molar-refractivity contribution in [2.75, 3.05) is 39.7 Å². The van der Waals surface area contributed by atoms with Crippen molar-refractivity contribution in [1.29, 1.82) is 0 Å². The van der Waals surface area contributed by atoms with E-state index in [4.69, 9.17) is 9.57 Å². The summed E-state index contributed by atoms with van der Waals surface area (Å²) in [5.74, 6) is 0.355. The van der Waals surface area contributed by atoms with E-state index in [0.717, 1.165) is 29.6 Å². The van der Waals surface area contributed by atoms with Gasteiger partial charge in [-0.15, -0.1) is 0 Å². The van der Waals surface area contributed by atoms with Crippen LogP contribution in [0.15, 0.2) is 90.2 Å². The van der Waals surface area contributed by atoms with Gasteiger partial charge >= 0.3 is 0 Å². The molecule has 0 aliphatic rings. The van der Waals surface area contributed by atoms with E-state index < -0.39 is 0 Å². The minimum atomic E-state index is -0.358. The van der Waals surface area contributed by atoms with E-state index in [-0.39, 0.29) is 11.6 Å². The lowest BCUT2D eigenvalue weighted by atomic mass is 10.0. The normalized spacial score (nSPS) is 11.6. The first-order chi connectivity index (χ1) is 17.1. The van der Waals surface area contributed by atoms with Gasteiger partial charge in [0.05, 0.1) is 12.8 Å². The van der Waals surface area contributed by atoms with Crippen LogP contribution in [0.25, 0.3) is 16.6 Å². The zero-order valence-electron chi connectivity index (χ0n) is 20.3. The number of benzene rings is 2. The Bertz CT molecular complexity index is 1300. The molecule has 2 heterocycles. The summed E-state index contributed by atoms with van der Waals surface area (Å²) >= 11 is 0. The maximum Gasteiger partial charge on any atom is 0.279 e. The van der Waals surface area contributed by atoms with Crippen LogP contribution in [-0.4, -0.2) is 55.3 Å². The minimum Gasteiger partial charge on any atom is -0.497 e. The third kappa shape index (κ3) is 5.88. The number of aromatic nitrogens is 1. The van der Waals surface area contributed by atoms with E-state index in [1.54, 1.807) is 31.4 Å². The summed E-state index contributed by atoms with van der Waals surface area (Å²) in [5.41, 5.74) is 4.36. The first kappa shape index (κ1) is 24.0. The lowest BCUT2D eigenvalue weighted by Gasteiger charge is -2.12. The van der Waals surface area contributed by atoms with Crippen LogP contribution in [-0.2, 0) is 9.63 Å². The molecule has 1 amide bonds. The van der Waals surface area contributed by atoms with Crippen molar-refractivity contribution >= 4 is 22.8 Å². The van der Waals surface area contributed by atoms with E-state index in [0.29, 0.717) is 23.7 Å². The number of oxime groups is 1. The number of amides is 1. The quantitative estimate of drug-likeness (QED) is 0.203. The molecular formula is C28H30N4O3. The van der Waals surface area contributed by atoms with E-state index in [2.05, 4.69) is 21.4 Å². The second-order valence-electron chi connectivity index (χ2n) is 8.38. The highest BCUT2D eigenvalue weighted by Crippen LogP contribution is 2.29. The Morgan fingerprint density at radius 1 is 1.00 bits per heavy atom. The molecule has 0 bridgehead atoms. The van der Waals surface area contributed by atoms with Gasteiger partial charge in [-0.1, -0.05) is 41.6 Å². The molecule has 0 aliphatic heterocycles. The molecule has 0 radical (unpaired) electrons. The monoisotopic (exact) mass is 470 g/mol. The van der Waals surface area contributed by atoms with Crippen molar-refractivity contribution in [1.82, 2.24) is 9.30 Å². The van der Waals surface area contributed by atoms with Crippen LogP contribution >= 0.6 is 0 Å². The lowest BCUT2D eigenvalue weighted by Crippen LogP contribution is -2.26. The fraction of sp³-hybridized carbons (Fsp3) is 0.214. The van der Waals surface area contributed by atoms with Crippen molar-refractivity contribution in [3.05, 3.63) is 90.8 Å². The fourth-order valence-electron chi connectivity index (χ4n) is 3.82. The molecule has 0 saturated heterocycles. The summed E-state index contributed by atoms with van der Waals surface area (Å²) in [4.78, 5) is 21.3. The summed E-state index contributed by atoms with van der Waals surface area (Å²) in [6.07, 6.45) is 2.73. The molecule has 7 nitrogen and oxygen atoms in total. The first-order valence-electron chi connectivity index (χ1n) is 11.5. The zero-order chi connectivity index (χ0) is 24.6. The lowest BCUT2D eigenvalue weighted by molar-refractivity contribution is -0.110. The number of hydrogen-bond donors (Lipinski definition) is 1. The third-order valence-corrected chi connectivity index (χ3v) is 5.55. The number of fused-ring (bicyclic) bond motifs is 1. The molecule has 4 aromatic rings. The number of methoxy groups -OCH3 is 1. The highest BCUT2D eigenvalue weighted by Gasteiger charge is 2.24. The van der Waals surface area contributed by atoms with Crippen molar-refractivity contribution in [2.45, 2.75) is 6.42 Å². The molecule has 2 aromatic heterocycles. The molecule has 0 aliphatic carbocycles. The Morgan fingerprint density at radius 3 is 2.46 bits per heavy atom. The van der Waals surface area contributed by atoms with Crippen molar-refractivity contribution in [3.8, 4) is 16.9 Å². The molecule has 0 saturated carbocycles. The number of nitrogens with one attached hydrogen (secondary N) is 1. The minimum absolute atomic E-state index is 0.204. The van der Waals surface area contributed by atoms with Crippen LogP contribution in [0.4, 0.5) is 5.69 Å². The van der Waals surface area contributed by atoms with Crippen molar-refractivity contribution in [2.24, 2.45) is 5.16 Å². The second-order valence-corrected chi connectivity index (χ2v) is 8.38. The van der Waals surface area contributed by atoms with Crippen molar-refractivity contribution in [3.63, 3.8) is 0 Å². The van der Waals surface area contributed by atoms with Crippen LogP contribution < -0.4 is 10.1 Å². The Hall–Kier alpha value is -4.10. The number of hydrogen-bond acceptors (Lipinski definition) is 5. The molecule has 4 rings (SSSR count). The highest BCUT2D eigenvalue weighted by atomic mass is 16.6. The molecule has 0 unspecified atom stereocenters. The second kappa shape index (κ2) is 11.4. The smallest absolute Gasteiger partial charge is 0.279 e. The van der Waals surface area contributed by atoms with Gasteiger partial charge in [0.25, 0.3) is 5.91 Å². The molecule has 1 N–H and O–H groups in total. The summed E-state index contributed by atoms with van der Waals surface area (Å²) in [6, 6.07) is 25.1. The Balaban J connectivity index is 1.74. The standard InChI is InChI=1S/C28H30N4O3/c1-31(2)17-9-19-35-30-26(28(33)29-22-13-15-24(34-3)16-14-22)27-25(21-10-5-4-6-11-21)20-23-12-7-8-18-32(23)27/h4-8,10-16,18,20H,9,17,19H2,1-3H3,(H,29,33)/b30-26-. The number of ether oxygens (including phenoxy) is 1. The van der Waals surface area contributed by atoms with Crippen LogP contribution in [0, 0.1) is 0 Å². The Morgan fingerprint density at radius 2 is 1.74 bits per heavy atom. The van der Waals surface area contributed by atoms with Crippen molar-refractivity contribution < 1.29 is 14.4 Å². The van der Waals surface area contributed by atoms with Gasteiger partial charge < -0.3 is 24.2 Å². The Kier molecular flexibility index (Phi) is 7.80. The van der Waals surface area contributed by atoms with Crippen LogP contribution in [0.3, 0.4) is 0 Å². The maximum absolute atomic E-state index is 13.6. The molecule has 0 atom stereocenters. The number of anilines is 1. The average molecular weight is 471 g/mol. The number of carbonyl (C=O) groups is 1. The van der Waals surface area contributed by atoms with Crippen LogP contribution in [0.1, 0.15) is 12.1 Å². The highest BCUT2D eigenvalue weighted by molar-refractivity contribution is 6.49. The molecule has 2 aromatic carbocycles. The summed E-state index contributed by atoms with van der Waals surface area (Å²) in [6.45, 7) is 1.27. The predicted octanol–water partition coefficient (Wildman–Crippen LogP) is 4.93. The molecule has 0 spiro atoms. The number of rotatable bonds is 10. The van der Waals surface area contributed by atoms with Gasteiger partial charge in [-0.3, -0.25) is 4.79 Å². The number of nitrogens with zero attached hydrogens (tertiary/aromatic N) is 3. The SMILES string of the molecule is COc1ccc(NC(=O)/C(=N\OCCCN(C)C)c2c(-c3ccccc3)cc3ccccn23)cc1. The Labute approximate surface area is 205 Å². The fourth-order valence-corrected chi connectivity index (χ4v) is 3.82. The molecule has 0 fully saturated rings. The molecule has 7 heteroatoms. The van der Waals surface area contributed by atoms with Gasteiger partial charge in [0.15, 0.2) is 5.71 Å². The maximum atomic E-state index is 13.6. The molecule has 180 valence electrons. The summed E-state index contributed by atoms with van der Waals surface area (Å²) < 4.78 is 7.19. The van der Waals surface area contributed by atoms with E-state index in [1.165, 1.54) is 0 Å². The number of carbonyl (C=O) groups excluding carboxylic acids is 1. The van der Waals surface area contributed by atoms with Gasteiger partial charge in [-0.05, 0) is 68.5 Å². The van der Waals surface area contributed by atoms with E-state index in [1.807, 2.05) is 73.2 Å².